The van der Waals surface area contributed by atoms with Crippen molar-refractivity contribution in [2.24, 2.45) is 0 Å². The van der Waals surface area contributed by atoms with Crippen LogP contribution in [0.15, 0.2) is 71.6 Å². The molecule has 0 saturated carbocycles. The second-order valence-electron chi connectivity index (χ2n) is 6.72. The maximum absolute atomic E-state index is 12.8. The van der Waals surface area contributed by atoms with Crippen LogP contribution < -0.4 is 10.0 Å². The van der Waals surface area contributed by atoms with E-state index in [0.717, 1.165) is 11.1 Å². The number of nitrogens with one attached hydrogen (secondary N) is 2. The normalized spacial score (nSPS) is 11.1. The van der Waals surface area contributed by atoms with Gasteiger partial charge in [0, 0.05) is 11.3 Å². The second-order valence-corrected chi connectivity index (χ2v) is 8.40. The van der Waals surface area contributed by atoms with Gasteiger partial charge in [-0.3, -0.25) is 9.52 Å². The molecule has 0 aliphatic rings. The average molecular weight is 394 g/mol. The van der Waals surface area contributed by atoms with Gasteiger partial charge in [-0.2, -0.15) is 0 Å². The standard InChI is InChI=1S/C22H22N2O3S/c1-15-9-10-16(2)21(13-15)24-28(26,27)19-11-12-20(17(3)14-19)23-22(25)18-7-5-4-6-8-18/h4-14,24H,1-3H3,(H,23,25). The first-order valence-corrected chi connectivity index (χ1v) is 10.3. The Morgan fingerprint density at radius 2 is 1.50 bits per heavy atom. The van der Waals surface area contributed by atoms with Crippen molar-refractivity contribution in [1.82, 2.24) is 0 Å². The minimum absolute atomic E-state index is 0.142. The van der Waals surface area contributed by atoms with Crippen LogP contribution in [0.3, 0.4) is 0 Å². The van der Waals surface area contributed by atoms with Crippen LogP contribution in [0.1, 0.15) is 27.0 Å². The molecule has 0 atom stereocenters. The Morgan fingerprint density at radius 3 is 2.18 bits per heavy atom. The lowest BCUT2D eigenvalue weighted by Crippen LogP contribution is -2.15. The molecule has 0 aliphatic carbocycles. The molecule has 0 heterocycles. The van der Waals surface area contributed by atoms with E-state index in [1.54, 1.807) is 49.4 Å². The topological polar surface area (TPSA) is 75.3 Å². The Morgan fingerprint density at radius 1 is 0.786 bits per heavy atom. The van der Waals surface area contributed by atoms with E-state index in [-0.39, 0.29) is 10.8 Å². The number of amides is 1. The number of hydrogen-bond donors (Lipinski definition) is 2. The van der Waals surface area contributed by atoms with Gasteiger partial charge >= 0.3 is 0 Å². The molecule has 1 amide bonds. The van der Waals surface area contributed by atoms with Gasteiger partial charge in [0.05, 0.1) is 10.6 Å². The molecule has 0 aromatic heterocycles. The molecule has 6 heteroatoms. The lowest BCUT2D eigenvalue weighted by molar-refractivity contribution is 0.102. The van der Waals surface area contributed by atoms with E-state index in [1.807, 2.05) is 32.0 Å². The number of hydrogen-bond acceptors (Lipinski definition) is 3. The third kappa shape index (κ3) is 4.40. The van der Waals surface area contributed by atoms with Gasteiger partial charge in [-0.15, -0.1) is 0 Å². The van der Waals surface area contributed by atoms with Crippen LogP contribution in [0.5, 0.6) is 0 Å². The SMILES string of the molecule is Cc1ccc(C)c(NS(=O)(=O)c2ccc(NC(=O)c3ccccc3)c(C)c2)c1. The van der Waals surface area contributed by atoms with Crippen molar-refractivity contribution < 1.29 is 13.2 Å². The van der Waals surface area contributed by atoms with E-state index in [4.69, 9.17) is 0 Å². The van der Waals surface area contributed by atoms with Crippen LogP contribution in [0, 0.1) is 20.8 Å². The molecule has 0 spiro atoms. The minimum Gasteiger partial charge on any atom is -0.322 e. The van der Waals surface area contributed by atoms with Crippen LogP contribution >= 0.6 is 0 Å². The summed E-state index contributed by atoms with van der Waals surface area (Å²) in [5.74, 6) is -0.243. The minimum atomic E-state index is -3.74. The highest BCUT2D eigenvalue weighted by Gasteiger charge is 2.17. The molecule has 3 aromatic rings. The third-order valence-corrected chi connectivity index (χ3v) is 5.79. The maximum atomic E-state index is 12.8. The van der Waals surface area contributed by atoms with Gasteiger partial charge in [-0.1, -0.05) is 30.3 Å². The van der Waals surface area contributed by atoms with Crippen LogP contribution in [-0.4, -0.2) is 14.3 Å². The van der Waals surface area contributed by atoms with E-state index >= 15 is 0 Å². The lowest BCUT2D eigenvalue weighted by Gasteiger charge is -2.14. The Labute approximate surface area is 165 Å². The largest absolute Gasteiger partial charge is 0.322 e. The Hall–Kier alpha value is -3.12. The molecule has 3 aromatic carbocycles. The smallest absolute Gasteiger partial charge is 0.261 e. The van der Waals surface area contributed by atoms with Crippen molar-refractivity contribution in [3.8, 4) is 0 Å². The third-order valence-electron chi connectivity index (χ3n) is 4.43. The van der Waals surface area contributed by atoms with E-state index in [0.29, 0.717) is 22.5 Å². The fourth-order valence-electron chi connectivity index (χ4n) is 2.78. The first-order valence-electron chi connectivity index (χ1n) is 8.83. The van der Waals surface area contributed by atoms with Crippen LogP contribution in [0.4, 0.5) is 11.4 Å². The summed E-state index contributed by atoms with van der Waals surface area (Å²) in [6.45, 7) is 5.52. The van der Waals surface area contributed by atoms with Gasteiger partial charge in [-0.25, -0.2) is 8.42 Å². The van der Waals surface area contributed by atoms with Gasteiger partial charge in [0.15, 0.2) is 0 Å². The number of carbonyl (C=O) groups excluding carboxylic acids is 1. The van der Waals surface area contributed by atoms with Gasteiger partial charge in [0.2, 0.25) is 0 Å². The second kappa shape index (κ2) is 7.86. The zero-order valence-electron chi connectivity index (χ0n) is 16.0. The predicted octanol–water partition coefficient (Wildman–Crippen LogP) is 4.66. The molecule has 2 N–H and O–H groups in total. The van der Waals surface area contributed by atoms with Gasteiger partial charge in [0.25, 0.3) is 15.9 Å². The molecule has 0 aliphatic heterocycles. The highest BCUT2D eigenvalue weighted by Crippen LogP contribution is 2.24. The Balaban J connectivity index is 1.83. The van der Waals surface area contributed by atoms with E-state index in [9.17, 15) is 13.2 Å². The van der Waals surface area contributed by atoms with Gasteiger partial charge < -0.3 is 5.32 Å². The van der Waals surface area contributed by atoms with Crippen LogP contribution in [-0.2, 0) is 10.0 Å². The molecule has 144 valence electrons. The van der Waals surface area contributed by atoms with Crippen LogP contribution in [0.2, 0.25) is 0 Å². The molecule has 0 radical (unpaired) electrons. The quantitative estimate of drug-likeness (QED) is 0.661. The number of aryl methyl sites for hydroxylation is 3. The summed E-state index contributed by atoms with van der Waals surface area (Å²) in [6.07, 6.45) is 0. The highest BCUT2D eigenvalue weighted by atomic mass is 32.2. The van der Waals surface area contributed by atoms with Crippen molar-refractivity contribution in [1.29, 1.82) is 0 Å². The summed E-state index contributed by atoms with van der Waals surface area (Å²) in [5.41, 5.74) is 4.14. The van der Waals surface area contributed by atoms with Crippen molar-refractivity contribution in [3.63, 3.8) is 0 Å². The van der Waals surface area contributed by atoms with Crippen molar-refractivity contribution in [2.75, 3.05) is 10.0 Å². The highest BCUT2D eigenvalue weighted by molar-refractivity contribution is 7.92. The first kappa shape index (κ1) is 19.6. The number of benzene rings is 3. The molecule has 0 saturated heterocycles. The van der Waals surface area contributed by atoms with Gasteiger partial charge in [0.1, 0.15) is 0 Å². The molecular formula is C22H22N2O3S. The zero-order chi connectivity index (χ0) is 20.3. The number of carbonyl (C=O) groups is 1. The molecular weight excluding hydrogens is 372 g/mol. The fourth-order valence-corrected chi connectivity index (χ4v) is 3.98. The van der Waals surface area contributed by atoms with Gasteiger partial charge in [-0.05, 0) is 73.9 Å². The van der Waals surface area contributed by atoms with E-state index in [2.05, 4.69) is 10.0 Å². The number of rotatable bonds is 5. The summed E-state index contributed by atoms with van der Waals surface area (Å²) >= 11 is 0. The Kier molecular flexibility index (Phi) is 5.51. The number of sulfonamides is 1. The van der Waals surface area contributed by atoms with Crippen molar-refractivity contribution in [2.45, 2.75) is 25.7 Å². The summed E-state index contributed by atoms with van der Waals surface area (Å²) in [6, 6.07) is 19.1. The predicted molar refractivity (Wildman–Crippen MR) is 112 cm³/mol. The fraction of sp³-hybridized carbons (Fsp3) is 0.136. The van der Waals surface area contributed by atoms with Crippen LogP contribution in [0.25, 0.3) is 0 Å². The number of anilines is 2. The summed E-state index contributed by atoms with van der Waals surface area (Å²) in [5, 5.41) is 2.82. The molecule has 0 unspecified atom stereocenters. The van der Waals surface area contributed by atoms with Crippen molar-refractivity contribution in [3.05, 3.63) is 89.0 Å². The lowest BCUT2D eigenvalue weighted by atomic mass is 10.1. The molecule has 5 nitrogen and oxygen atoms in total. The first-order chi connectivity index (χ1) is 13.3. The Bertz CT molecular complexity index is 1120. The molecule has 0 fully saturated rings. The maximum Gasteiger partial charge on any atom is 0.261 e. The van der Waals surface area contributed by atoms with E-state index < -0.39 is 10.0 Å². The summed E-state index contributed by atoms with van der Waals surface area (Å²) < 4.78 is 28.2. The summed E-state index contributed by atoms with van der Waals surface area (Å²) in [7, 11) is -3.74. The monoisotopic (exact) mass is 394 g/mol. The van der Waals surface area contributed by atoms with Crippen molar-refractivity contribution >= 4 is 27.3 Å². The molecule has 0 bridgehead atoms. The van der Waals surface area contributed by atoms with E-state index in [1.165, 1.54) is 6.07 Å². The average Bonchev–Trinajstić information content (AvgIpc) is 2.66. The molecule has 3 rings (SSSR count). The summed E-state index contributed by atoms with van der Waals surface area (Å²) in [4.78, 5) is 12.5. The zero-order valence-corrected chi connectivity index (χ0v) is 16.8. The molecule has 28 heavy (non-hydrogen) atoms.